The fourth-order valence-corrected chi connectivity index (χ4v) is 2.01. The molecule has 22 heavy (non-hydrogen) atoms. The van der Waals surface area contributed by atoms with Crippen LogP contribution in [0.1, 0.15) is 5.56 Å². The number of hydrogen-bond acceptors (Lipinski definition) is 3. The Balaban J connectivity index is 2.15. The molecule has 1 N–H and O–H groups in total. The molecule has 0 aromatic heterocycles. The Bertz CT molecular complexity index is 729. The first kappa shape index (κ1) is 15.8. The van der Waals surface area contributed by atoms with Gasteiger partial charge in [0.1, 0.15) is 17.4 Å². The van der Waals surface area contributed by atoms with Crippen molar-refractivity contribution in [3.05, 3.63) is 64.1 Å². The van der Waals surface area contributed by atoms with Gasteiger partial charge in [0.15, 0.2) is 0 Å². The van der Waals surface area contributed by atoms with Crippen molar-refractivity contribution >= 4 is 33.6 Å². The van der Waals surface area contributed by atoms with Crippen molar-refractivity contribution in [2.75, 3.05) is 12.4 Å². The number of amides is 1. The van der Waals surface area contributed by atoms with Crippen molar-refractivity contribution in [2.45, 2.75) is 0 Å². The third kappa shape index (κ3) is 4.21. The van der Waals surface area contributed by atoms with Gasteiger partial charge in [0, 0.05) is 10.2 Å². The van der Waals surface area contributed by atoms with Gasteiger partial charge in [-0.25, -0.2) is 0 Å². The van der Waals surface area contributed by atoms with E-state index in [1.807, 2.05) is 18.2 Å². The first-order valence-corrected chi connectivity index (χ1v) is 7.24. The lowest BCUT2D eigenvalue weighted by Gasteiger charge is -2.04. The van der Waals surface area contributed by atoms with Gasteiger partial charge in [-0.2, -0.15) is 5.26 Å². The van der Waals surface area contributed by atoms with Crippen LogP contribution in [0.15, 0.2) is 58.6 Å². The van der Waals surface area contributed by atoms with E-state index in [0.29, 0.717) is 5.69 Å². The van der Waals surface area contributed by atoms with Crippen molar-refractivity contribution in [1.29, 1.82) is 5.26 Å². The third-order valence-corrected chi connectivity index (χ3v) is 3.42. The molecule has 0 atom stereocenters. The summed E-state index contributed by atoms with van der Waals surface area (Å²) in [7, 11) is 1.58. The van der Waals surface area contributed by atoms with E-state index in [9.17, 15) is 4.79 Å². The van der Waals surface area contributed by atoms with Crippen LogP contribution in [0.4, 0.5) is 5.69 Å². The molecule has 0 aliphatic heterocycles. The average molecular weight is 357 g/mol. The number of nitriles is 1. The smallest absolute Gasteiger partial charge is 0.266 e. The summed E-state index contributed by atoms with van der Waals surface area (Å²) in [5.41, 5.74) is 1.42. The van der Waals surface area contributed by atoms with Crippen LogP contribution in [0, 0.1) is 11.3 Å². The maximum atomic E-state index is 12.1. The third-order valence-electron chi connectivity index (χ3n) is 2.89. The Hall–Kier alpha value is -2.58. The standard InChI is InChI=1S/C17H13BrN2O2/c1-22-16-8-2-12(3-9-16)10-13(11-19)17(21)20-15-6-4-14(18)5-7-15/h2-10H,1H3,(H,20,21)/b13-10+. The van der Waals surface area contributed by atoms with Gasteiger partial charge < -0.3 is 10.1 Å². The van der Waals surface area contributed by atoms with E-state index in [0.717, 1.165) is 15.8 Å². The SMILES string of the molecule is COc1ccc(/C=C(\C#N)C(=O)Nc2ccc(Br)cc2)cc1. The Morgan fingerprint density at radius 1 is 1.18 bits per heavy atom. The molecule has 0 unspecified atom stereocenters. The van der Waals surface area contributed by atoms with Crippen LogP contribution in [0.3, 0.4) is 0 Å². The van der Waals surface area contributed by atoms with Crippen molar-refractivity contribution in [2.24, 2.45) is 0 Å². The molecule has 0 aliphatic rings. The van der Waals surface area contributed by atoms with E-state index in [1.165, 1.54) is 6.08 Å². The number of benzene rings is 2. The largest absolute Gasteiger partial charge is 0.497 e. The summed E-state index contributed by atoms with van der Waals surface area (Å²) in [5.74, 6) is 0.274. The highest BCUT2D eigenvalue weighted by atomic mass is 79.9. The monoisotopic (exact) mass is 356 g/mol. The minimum Gasteiger partial charge on any atom is -0.497 e. The van der Waals surface area contributed by atoms with E-state index < -0.39 is 5.91 Å². The van der Waals surface area contributed by atoms with Gasteiger partial charge in [-0.3, -0.25) is 4.79 Å². The topological polar surface area (TPSA) is 62.1 Å². The van der Waals surface area contributed by atoms with Gasteiger partial charge in [0.25, 0.3) is 5.91 Å². The Morgan fingerprint density at radius 2 is 1.82 bits per heavy atom. The fourth-order valence-electron chi connectivity index (χ4n) is 1.75. The second-order valence-corrected chi connectivity index (χ2v) is 5.32. The number of carbonyl (C=O) groups excluding carboxylic acids is 1. The minimum atomic E-state index is -0.444. The normalized spacial score (nSPS) is 10.7. The Morgan fingerprint density at radius 3 is 2.36 bits per heavy atom. The molecule has 0 saturated carbocycles. The maximum Gasteiger partial charge on any atom is 0.266 e. The molecule has 0 heterocycles. The first-order chi connectivity index (χ1) is 10.6. The van der Waals surface area contributed by atoms with Gasteiger partial charge in [-0.05, 0) is 48.0 Å². The summed E-state index contributed by atoms with van der Waals surface area (Å²) in [6.07, 6.45) is 1.54. The number of anilines is 1. The second-order valence-electron chi connectivity index (χ2n) is 4.40. The highest BCUT2D eigenvalue weighted by molar-refractivity contribution is 9.10. The molecule has 0 aliphatic carbocycles. The highest BCUT2D eigenvalue weighted by Crippen LogP contribution is 2.17. The molecule has 5 heteroatoms. The van der Waals surface area contributed by atoms with Crippen LogP contribution in [-0.4, -0.2) is 13.0 Å². The molecule has 0 fully saturated rings. The second kappa shape index (κ2) is 7.43. The summed E-state index contributed by atoms with van der Waals surface area (Å²) in [6.45, 7) is 0. The number of hydrogen-bond donors (Lipinski definition) is 1. The molecule has 2 aromatic rings. The van der Waals surface area contributed by atoms with E-state index >= 15 is 0 Å². The molecule has 2 rings (SSSR count). The van der Waals surface area contributed by atoms with Gasteiger partial charge >= 0.3 is 0 Å². The molecular formula is C17H13BrN2O2. The molecule has 2 aromatic carbocycles. The lowest BCUT2D eigenvalue weighted by molar-refractivity contribution is -0.112. The predicted molar refractivity (Wildman–Crippen MR) is 89.4 cm³/mol. The summed E-state index contributed by atoms with van der Waals surface area (Å²) in [4.78, 5) is 12.1. The minimum absolute atomic E-state index is 0.0353. The van der Waals surface area contributed by atoms with E-state index in [2.05, 4.69) is 21.2 Å². The van der Waals surface area contributed by atoms with Crippen LogP contribution < -0.4 is 10.1 Å². The Labute approximate surface area is 137 Å². The number of rotatable bonds is 4. The van der Waals surface area contributed by atoms with Crippen molar-refractivity contribution in [3.8, 4) is 11.8 Å². The van der Waals surface area contributed by atoms with E-state index in [-0.39, 0.29) is 5.57 Å². The van der Waals surface area contributed by atoms with Gasteiger partial charge in [-0.15, -0.1) is 0 Å². The molecular weight excluding hydrogens is 344 g/mol. The number of carbonyl (C=O) groups is 1. The van der Waals surface area contributed by atoms with Gasteiger partial charge in [0.2, 0.25) is 0 Å². The van der Waals surface area contributed by atoms with Gasteiger partial charge in [-0.1, -0.05) is 28.1 Å². The van der Waals surface area contributed by atoms with Crippen LogP contribution >= 0.6 is 15.9 Å². The van der Waals surface area contributed by atoms with Crippen molar-refractivity contribution in [1.82, 2.24) is 0 Å². The number of nitrogens with one attached hydrogen (secondary N) is 1. The first-order valence-electron chi connectivity index (χ1n) is 6.45. The molecule has 1 amide bonds. The number of halogens is 1. The zero-order valence-corrected chi connectivity index (χ0v) is 13.4. The quantitative estimate of drug-likeness (QED) is 0.665. The highest BCUT2D eigenvalue weighted by Gasteiger charge is 2.09. The molecule has 0 radical (unpaired) electrons. The van der Waals surface area contributed by atoms with Gasteiger partial charge in [0.05, 0.1) is 7.11 Å². The lowest BCUT2D eigenvalue weighted by Crippen LogP contribution is -2.13. The number of methoxy groups -OCH3 is 1. The van der Waals surface area contributed by atoms with E-state index in [4.69, 9.17) is 10.00 Å². The summed E-state index contributed by atoms with van der Waals surface area (Å²) >= 11 is 3.32. The summed E-state index contributed by atoms with van der Waals surface area (Å²) in [6, 6.07) is 16.2. The molecule has 0 bridgehead atoms. The van der Waals surface area contributed by atoms with Crippen molar-refractivity contribution < 1.29 is 9.53 Å². The van der Waals surface area contributed by atoms with Crippen LogP contribution in [0.25, 0.3) is 6.08 Å². The lowest BCUT2D eigenvalue weighted by atomic mass is 10.1. The van der Waals surface area contributed by atoms with Crippen LogP contribution in [0.5, 0.6) is 5.75 Å². The predicted octanol–water partition coefficient (Wildman–Crippen LogP) is 4.00. The Kier molecular flexibility index (Phi) is 5.34. The summed E-state index contributed by atoms with van der Waals surface area (Å²) < 4.78 is 5.98. The van der Waals surface area contributed by atoms with Crippen molar-refractivity contribution in [3.63, 3.8) is 0 Å². The number of ether oxygens (including phenoxy) is 1. The molecule has 110 valence electrons. The van der Waals surface area contributed by atoms with E-state index in [1.54, 1.807) is 43.5 Å². The average Bonchev–Trinajstić information content (AvgIpc) is 2.55. The number of nitrogens with zero attached hydrogens (tertiary/aromatic N) is 1. The van der Waals surface area contributed by atoms with Crippen LogP contribution in [0.2, 0.25) is 0 Å². The zero-order valence-electron chi connectivity index (χ0n) is 11.8. The maximum absolute atomic E-state index is 12.1. The molecule has 0 saturated heterocycles. The van der Waals surface area contributed by atoms with Crippen LogP contribution in [-0.2, 0) is 4.79 Å². The molecule has 4 nitrogen and oxygen atoms in total. The molecule has 0 spiro atoms. The zero-order chi connectivity index (χ0) is 15.9. The fraction of sp³-hybridized carbons (Fsp3) is 0.0588. The summed E-state index contributed by atoms with van der Waals surface area (Å²) in [5, 5.41) is 11.9.